The van der Waals surface area contributed by atoms with E-state index in [1.807, 2.05) is 49.4 Å². The number of benzene rings is 3. The minimum Gasteiger partial charge on any atom is -0.465 e. The Balaban J connectivity index is 1.84. The van der Waals surface area contributed by atoms with Gasteiger partial charge in [-0.05, 0) is 53.1 Å². The van der Waals surface area contributed by atoms with Crippen LogP contribution < -0.4 is 5.32 Å². The molecular formula is C22H18ClNO3. The first-order chi connectivity index (χ1) is 13.0. The minimum atomic E-state index is -0.567. The molecule has 1 N–H and O–H groups in total. The third-order valence-electron chi connectivity index (χ3n) is 4.20. The van der Waals surface area contributed by atoms with E-state index in [9.17, 15) is 9.59 Å². The maximum atomic E-state index is 12.4. The molecule has 3 aromatic carbocycles. The number of nitrogens with one attached hydrogen (secondary N) is 1. The van der Waals surface area contributed by atoms with E-state index in [4.69, 9.17) is 16.3 Å². The fourth-order valence-electron chi connectivity index (χ4n) is 2.79. The number of allylic oxidation sites excluding steroid dienone is 1. The van der Waals surface area contributed by atoms with Crippen LogP contribution in [0.4, 0.5) is 5.69 Å². The lowest BCUT2D eigenvalue weighted by atomic mass is 10.0. The molecule has 0 aromatic heterocycles. The Morgan fingerprint density at radius 2 is 1.74 bits per heavy atom. The van der Waals surface area contributed by atoms with Crippen molar-refractivity contribution in [3.05, 3.63) is 82.9 Å². The summed E-state index contributed by atoms with van der Waals surface area (Å²) >= 11 is 5.93. The first kappa shape index (κ1) is 18.7. The summed E-state index contributed by atoms with van der Waals surface area (Å²) in [5.41, 5.74) is 2.31. The molecule has 0 aliphatic carbocycles. The monoisotopic (exact) mass is 379 g/mol. The zero-order valence-corrected chi connectivity index (χ0v) is 15.7. The van der Waals surface area contributed by atoms with E-state index in [2.05, 4.69) is 5.32 Å². The van der Waals surface area contributed by atoms with Crippen LogP contribution in [0.15, 0.2) is 66.7 Å². The maximum Gasteiger partial charge on any atom is 0.340 e. The number of hydrogen-bond donors (Lipinski definition) is 1. The number of hydrogen-bond acceptors (Lipinski definition) is 3. The summed E-state index contributed by atoms with van der Waals surface area (Å²) in [7, 11) is 1.28. The predicted octanol–water partition coefficient (Wildman–Crippen LogP) is 5.32. The van der Waals surface area contributed by atoms with Crippen molar-refractivity contribution in [2.24, 2.45) is 0 Å². The molecule has 0 spiro atoms. The lowest BCUT2D eigenvalue weighted by Gasteiger charge is -2.10. The molecule has 0 atom stereocenters. The van der Waals surface area contributed by atoms with Gasteiger partial charge in [-0.25, -0.2) is 4.79 Å². The van der Waals surface area contributed by atoms with Gasteiger partial charge in [0.2, 0.25) is 5.91 Å². The molecule has 0 fully saturated rings. The number of rotatable bonds is 4. The van der Waals surface area contributed by atoms with Crippen molar-refractivity contribution in [3.8, 4) is 0 Å². The molecule has 0 bridgehead atoms. The molecule has 136 valence electrons. The normalized spacial score (nSPS) is 11.3. The number of esters is 1. The van der Waals surface area contributed by atoms with Crippen molar-refractivity contribution >= 4 is 45.5 Å². The molecule has 27 heavy (non-hydrogen) atoms. The second kappa shape index (κ2) is 8.06. The fourth-order valence-corrected chi connectivity index (χ4v) is 2.96. The van der Waals surface area contributed by atoms with E-state index < -0.39 is 5.97 Å². The summed E-state index contributed by atoms with van der Waals surface area (Å²) in [6.07, 6.45) is 1.50. The van der Waals surface area contributed by atoms with Gasteiger partial charge in [0, 0.05) is 11.1 Å². The average Bonchev–Trinajstić information content (AvgIpc) is 2.68. The molecule has 0 saturated carbocycles. The molecule has 0 saturated heterocycles. The summed E-state index contributed by atoms with van der Waals surface area (Å²) in [5.74, 6) is -0.906. The van der Waals surface area contributed by atoms with Crippen LogP contribution in [-0.2, 0) is 9.53 Å². The average molecular weight is 380 g/mol. The van der Waals surface area contributed by atoms with Crippen LogP contribution in [0.1, 0.15) is 22.8 Å². The van der Waals surface area contributed by atoms with Crippen LogP contribution in [0.25, 0.3) is 16.3 Å². The molecule has 0 aliphatic heterocycles. The Labute approximate surface area is 162 Å². The Bertz CT molecular complexity index is 1060. The van der Waals surface area contributed by atoms with Gasteiger partial charge < -0.3 is 10.1 Å². The molecule has 0 aliphatic rings. The third-order valence-corrected chi connectivity index (χ3v) is 4.43. The standard InChI is InChI=1S/C22H18ClNO3/c1-14(16-8-7-15-5-3-4-6-17(15)12-16)11-21(25)24-20-10-9-18(23)13-19(20)22(26)27-2/h3-13H,1-2H3,(H,24,25)/b14-11-. The van der Waals surface area contributed by atoms with E-state index in [1.165, 1.54) is 19.3 Å². The first-order valence-corrected chi connectivity index (χ1v) is 8.72. The molecule has 1 amide bonds. The molecule has 0 heterocycles. The SMILES string of the molecule is COC(=O)c1cc(Cl)ccc1NC(=O)/C=C(/C)c1ccc2ccccc2c1. The zero-order chi connectivity index (χ0) is 19.4. The summed E-state index contributed by atoms with van der Waals surface area (Å²) in [6, 6.07) is 18.7. The highest BCUT2D eigenvalue weighted by atomic mass is 35.5. The zero-order valence-electron chi connectivity index (χ0n) is 15.0. The summed E-state index contributed by atoms with van der Waals surface area (Å²) in [4.78, 5) is 24.3. The summed E-state index contributed by atoms with van der Waals surface area (Å²) in [6.45, 7) is 1.87. The molecule has 0 unspecified atom stereocenters. The number of fused-ring (bicyclic) bond motifs is 1. The number of carbonyl (C=O) groups is 2. The van der Waals surface area contributed by atoms with Gasteiger partial charge in [0.1, 0.15) is 0 Å². The van der Waals surface area contributed by atoms with Gasteiger partial charge in [-0.3, -0.25) is 4.79 Å². The second-order valence-electron chi connectivity index (χ2n) is 6.06. The predicted molar refractivity (Wildman–Crippen MR) is 109 cm³/mol. The fraction of sp³-hybridized carbons (Fsp3) is 0.0909. The third kappa shape index (κ3) is 4.36. The smallest absolute Gasteiger partial charge is 0.340 e. The van der Waals surface area contributed by atoms with Gasteiger partial charge in [-0.2, -0.15) is 0 Å². The Kier molecular flexibility index (Phi) is 5.57. The Hall–Kier alpha value is -3.11. The van der Waals surface area contributed by atoms with Gasteiger partial charge in [-0.15, -0.1) is 0 Å². The highest BCUT2D eigenvalue weighted by Gasteiger charge is 2.14. The van der Waals surface area contributed by atoms with E-state index in [0.29, 0.717) is 10.7 Å². The molecule has 5 heteroatoms. The van der Waals surface area contributed by atoms with Crippen LogP contribution in [0.5, 0.6) is 0 Å². The number of methoxy groups -OCH3 is 1. The van der Waals surface area contributed by atoms with Gasteiger partial charge in [0.15, 0.2) is 0 Å². The second-order valence-corrected chi connectivity index (χ2v) is 6.50. The van der Waals surface area contributed by atoms with Crippen molar-refractivity contribution in [3.63, 3.8) is 0 Å². The van der Waals surface area contributed by atoms with Gasteiger partial charge in [0.25, 0.3) is 0 Å². The van der Waals surface area contributed by atoms with Crippen LogP contribution in [-0.4, -0.2) is 19.0 Å². The lowest BCUT2D eigenvalue weighted by Crippen LogP contribution is -2.13. The maximum absolute atomic E-state index is 12.4. The minimum absolute atomic E-state index is 0.204. The Morgan fingerprint density at radius 3 is 2.48 bits per heavy atom. The van der Waals surface area contributed by atoms with Crippen molar-refractivity contribution in [2.75, 3.05) is 12.4 Å². The van der Waals surface area contributed by atoms with E-state index in [1.54, 1.807) is 12.1 Å². The van der Waals surface area contributed by atoms with Crippen molar-refractivity contribution in [2.45, 2.75) is 6.92 Å². The van der Waals surface area contributed by atoms with Crippen LogP contribution in [0, 0.1) is 0 Å². The quantitative estimate of drug-likeness (QED) is 0.493. The van der Waals surface area contributed by atoms with Crippen LogP contribution in [0.3, 0.4) is 0 Å². The highest BCUT2D eigenvalue weighted by molar-refractivity contribution is 6.31. The topological polar surface area (TPSA) is 55.4 Å². The molecule has 0 radical (unpaired) electrons. The number of ether oxygens (including phenoxy) is 1. The lowest BCUT2D eigenvalue weighted by molar-refractivity contribution is -0.111. The number of halogens is 1. The van der Waals surface area contributed by atoms with Gasteiger partial charge in [0.05, 0.1) is 18.4 Å². The van der Waals surface area contributed by atoms with Crippen molar-refractivity contribution < 1.29 is 14.3 Å². The number of carbonyl (C=O) groups excluding carboxylic acids is 2. The summed E-state index contributed by atoms with van der Waals surface area (Å²) < 4.78 is 4.74. The van der Waals surface area contributed by atoms with Crippen molar-refractivity contribution in [1.29, 1.82) is 0 Å². The van der Waals surface area contributed by atoms with Crippen LogP contribution in [0.2, 0.25) is 5.02 Å². The number of anilines is 1. The highest BCUT2D eigenvalue weighted by Crippen LogP contribution is 2.23. The van der Waals surface area contributed by atoms with Gasteiger partial charge >= 0.3 is 5.97 Å². The van der Waals surface area contributed by atoms with Crippen LogP contribution >= 0.6 is 11.6 Å². The largest absolute Gasteiger partial charge is 0.465 e. The summed E-state index contributed by atoms with van der Waals surface area (Å²) in [5, 5.41) is 5.35. The molecule has 3 aromatic rings. The van der Waals surface area contributed by atoms with E-state index in [0.717, 1.165) is 21.9 Å². The van der Waals surface area contributed by atoms with E-state index >= 15 is 0 Å². The number of amides is 1. The Morgan fingerprint density at radius 1 is 1.00 bits per heavy atom. The van der Waals surface area contributed by atoms with Crippen molar-refractivity contribution in [1.82, 2.24) is 0 Å². The van der Waals surface area contributed by atoms with E-state index in [-0.39, 0.29) is 11.5 Å². The molecule has 3 rings (SSSR count). The first-order valence-electron chi connectivity index (χ1n) is 8.34. The molecule has 4 nitrogen and oxygen atoms in total. The molecular weight excluding hydrogens is 362 g/mol. The van der Waals surface area contributed by atoms with Gasteiger partial charge in [-0.1, -0.05) is 48.0 Å².